The summed E-state index contributed by atoms with van der Waals surface area (Å²) in [6.07, 6.45) is 6.30. The SMILES string of the molecule is O=S(=O)(Nc1nc2c(s1)CCC2)c1cnn(CCCO)c1. The number of sulfonamides is 1. The third kappa shape index (κ3) is 3.09. The standard InChI is InChI=1S/C12H16N4O3S2/c17-6-2-5-16-8-9(7-13-16)21(18,19)15-12-14-10-3-1-4-11(10)20-12/h7-8,17H,1-6H2,(H,14,15). The topological polar surface area (TPSA) is 97.1 Å². The van der Waals surface area contributed by atoms with Crippen LogP contribution >= 0.6 is 11.3 Å². The Hall–Kier alpha value is -1.45. The van der Waals surface area contributed by atoms with E-state index in [4.69, 9.17) is 5.11 Å². The van der Waals surface area contributed by atoms with Crippen LogP contribution in [-0.4, -0.2) is 34.9 Å². The lowest BCUT2D eigenvalue weighted by Gasteiger charge is -2.02. The van der Waals surface area contributed by atoms with Gasteiger partial charge in [-0.25, -0.2) is 13.4 Å². The minimum Gasteiger partial charge on any atom is -0.396 e. The quantitative estimate of drug-likeness (QED) is 0.825. The largest absolute Gasteiger partial charge is 0.396 e. The van der Waals surface area contributed by atoms with Crippen molar-refractivity contribution in [3.05, 3.63) is 23.0 Å². The van der Waals surface area contributed by atoms with E-state index in [2.05, 4.69) is 14.8 Å². The lowest BCUT2D eigenvalue weighted by molar-refractivity contribution is 0.277. The van der Waals surface area contributed by atoms with E-state index in [1.54, 1.807) is 0 Å². The Morgan fingerprint density at radius 2 is 2.29 bits per heavy atom. The summed E-state index contributed by atoms with van der Waals surface area (Å²) in [5.41, 5.74) is 1.01. The van der Waals surface area contributed by atoms with Gasteiger partial charge >= 0.3 is 0 Å². The zero-order chi connectivity index (χ0) is 14.9. The molecule has 2 aromatic heterocycles. The number of rotatable bonds is 6. The molecule has 2 N–H and O–H groups in total. The first-order chi connectivity index (χ1) is 10.1. The van der Waals surface area contributed by atoms with Crippen molar-refractivity contribution in [2.75, 3.05) is 11.3 Å². The maximum atomic E-state index is 12.3. The molecule has 0 saturated heterocycles. The van der Waals surface area contributed by atoms with Gasteiger partial charge in [-0.05, 0) is 25.7 Å². The summed E-state index contributed by atoms with van der Waals surface area (Å²) in [5.74, 6) is 0. The van der Waals surface area contributed by atoms with Crippen LogP contribution in [0.4, 0.5) is 5.13 Å². The molecule has 0 bridgehead atoms. The van der Waals surface area contributed by atoms with Crippen LogP contribution in [0.1, 0.15) is 23.4 Å². The first-order valence-corrected chi connectivity index (χ1v) is 9.03. The van der Waals surface area contributed by atoms with E-state index in [-0.39, 0.29) is 11.5 Å². The minimum absolute atomic E-state index is 0.0465. The van der Waals surface area contributed by atoms with Gasteiger partial charge in [-0.1, -0.05) is 0 Å². The maximum Gasteiger partial charge on any atom is 0.266 e. The predicted molar refractivity (Wildman–Crippen MR) is 78.9 cm³/mol. The molecule has 21 heavy (non-hydrogen) atoms. The summed E-state index contributed by atoms with van der Waals surface area (Å²) in [5, 5.41) is 13.2. The van der Waals surface area contributed by atoms with Crippen molar-refractivity contribution in [2.45, 2.75) is 37.1 Å². The van der Waals surface area contributed by atoms with Crippen molar-refractivity contribution < 1.29 is 13.5 Å². The van der Waals surface area contributed by atoms with E-state index >= 15 is 0 Å². The van der Waals surface area contributed by atoms with E-state index in [0.717, 1.165) is 25.0 Å². The Kier molecular flexibility index (Phi) is 3.96. The predicted octanol–water partition coefficient (Wildman–Crippen LogP) is 1.01. The van der Waals surface area contributed by atoms with Gasteiger partial charge in [0.25, 0.3) is 10.0 Å². The lowest BCUT2D eigenvalue weighted by atomic mass is 10.4. The molecule has 7 nitrogen and oxygen atoms in total. The number of nitrogens with one attached hydrogen (secondary N) is 1. The summed E-state index contributed by atoms with van der Waals surface area (Å²) in [4.78, 5) is 5.61. The van der Waals surface area contributed by atoms with E-state index < -0.39 is 10.0 Å². The molecule has 9 heteroatoms. The highest BCUT2D eigenvalue weighted by Gasteiger charge is 2.22. The van der Waals surface area contributed by atoms with Gasteiger partial charge in [0.05, 0.1) is 11.9 Å². The second-order valence-electron chi connectivity index (χ2n) is 4.86. The highest BCUT2D eigenvalue weighted by atomic mass is 32.2. The van der Waals surface area contributed by atoms with Crippen LogP contribution in [0.25, 0.3) is 0 Å². The Labute approximate surface area is 126 Å². The fourth-order valence-corrected chi connectivity index (χ4v) is 4.48. The van der Waals surface area contributed by atoms with E-state index in [0.29, 0.717) is 18.1 Å². The average Bonchev–Trinajstić information content (AvgIpc) is 3.10. The Balaban J connectivity index is 1.75. The number of aromatic nitrogens is 3. The molecular weight excluding hydrogens is 312 g/mol. The van der Waals surface area contributed by atoms with Gasteiger partial charge in [0.15, 0.2) is 5.13 Å². The van der Waals surface area contributed by atoms with E-state index in [1.807, 2.05) is 0 Å². The number of aliphatic hydroxyl groups excluding tert-OH is 1. The summed E-state index contributed by atoms with van der Waals surface area (Å²) in [6, 6.07) is 0. The molecule has 3 rings (SSSR count). The van der Waals surface area contributed by atoms with Crippen molar-refractivity contribution in [2.24, 2.45) is 0 Å². The zero-order valence-corrected chi connectivity index (χ0v) is 13.0. The van der Waals surface area contributed by atoms with Gasteiger partial charge in [0, 0.05) is 24.2 Å². The summed E-state index contributed by atoms with van der Waals surface area (Å²) >= 11 is 1.40. The summed E-state index contributed by atoms with van der Waals surface area (Å²) in [6.45, 7) is 0.530. The van der Waals surface area contributed by atoms with Crippen molar-refractivity contribution in [3.63, 3.8) is 0 Å². The number of hydrogen-bond donors (Lipinski definition) is 2. The van der Waals surface area contributed by atoms with Gasteiger partial charge < -0.3 is 5.11 Å². The third-order valence-electron chi connectivity index (χ3n) is 3.28. The molecule has 0 atom stereocenters. The smallest absolute Gasteiger partial charge is 0.266 e. The average molecular weight is 328 g/mol. The molecular formula is C12H16N4O3S2. The number of aliphatic hydroxyl groups is 1. The van der Waals surface area contributed by atoms with Crippen LogP contribution in [0, 0.1) is 0 Å². The Morgan fingerprint density at radius 1 is 1.43 bits per heavy atom. The summed E-state index contributed by atoms with van der Waals surface area (Å²) < 4.78 is 28.6. The molecule has 0 radical (unpaired) electrons. The van der Waals surface area contributed by atoms with Gasteiger partial charge in [0.2, 0.25) is 0 Å². The molecule has 0 amide bonds. The number of thiazole rings is 1. The molecule has 0 unspecified atom stereocenters. The van der Waals surface area contributed by atoms with Gasteiger partial charge in [-0.15, -0.1) is 11.3 Å². The molecule has 1 aliphatic rings. The Morgan fingerprint density at radius 3 is 3.05 bits per heavy atom. The first kappa shape index (κ1) is 14.5. The van der Waals surface area contributed by atoms with Crippen molar-refractivity contribution >= 4 is 26.5 Å². The zero-order valence-electron chi connectivity index (χ0n) is 11.3. The number of fused-ring (bicyclic) bond motifs is 1. The second-order valence-corrected chi connectivity index (χ2v) is 7.63. The molecule has 0 aliphatic heterocycles. The second kappa shape index (κ2) is 5.74. The van der Waals surface area contributed by atoms with E-state index in [9.17, 15) is 8.42 Å². The summed E-state index contributed by atoms with van der Waals surface area (Å²) in [7, 11) is -3.65. The molecule has 1 aliphatic carbocycles. The monoisotopic (exact) mass is 328 g/mol. The molecule has 0 spiro atoms. The number of aryl methyl sites for hydroxylation is 3. The van der Waals surface area contributed by atoms with Crippen molar-refractivity contribution in [1.82, 2.24) is 14.8 Å². The minimum atomic E-state index is -3.65. The highest BCUT2D eigenvalue weighted by molar-refractivity contribution is 7.93. The van der Waals surface area contributed by atoms with Crippen LogP contribution in [0.3, 0.4) is 0 Å². The van der Waals surface area contributed by atoms with Crippen LogP contribution in [0.5, 0.6) is 0 Å². The number of anilines is 1. The molecule has 0 aromatic carbocycles. The number of nitrogens with zero attached hydrogens (tertiary/aromatic N) is 3. The lowest BCUT2D eigenvalue weighted by Crippen LogP contribution is -2.12. The van der Waals surface area contributed by atoms with Crippen molar-refractivity contribution in [3.8, 4) is 0 Å². The Bertz CT molecular complexity index is 714. The fourth-order valence-electron chi connectivity index (χ4n) is 2.25. The van der Waals surface area contributed by atoms with Crippen LogP contribution in [0.2, 0.25) is 0 Å². The normalized spacial score (nSPS) is 14.3. The van der Waals surface area contributed by atoms with Gasteiger partial charge in [-0.2, -0.15) is 5.10 Å². The third-order valence-corrected chi connectivity index (χ3v) is 5.78. The van der Waals surface area contributed by atoms with Gasteiger partial charge in [0.1, 0.15) is 4.90 Å². The highest BCUT2D eigenvalue weighted by Crippen LogP contribution is 2.31. The molecule has 0 saturated carbocycles. The van der Waals surface area contributed by atoms with E-state index in [1.165, 1.54) is 33.3 Å². The van der Waals surface area contributed by atoms with Crippen LogP contribution < -0.4 is 4.72 Å². The molecule has 2 aromatic rings. The van der Waals surface area contributed by atoms with Crippen LogP contribution in [0.15, 0.2) is 17.3 Å². The van der Waals surface area contributed by atoms with Crippen molar-refractivity contribution in [1.29, 1.82) is 0 Å². The van der Waals surface area contributed by atoms with Crippen LogP contribution in [-0.2, 0) is 29.4 Å². The number of hydrogen-bond acceptors (Lipinski definition) is 6. The molecule has 0 fully saturated rings. The first-order valence-electron chi connectivity index (χ1n) is 6.73. The van der Waals surface area contributed by atoms with Gasteiger partial charge in [-0.3, -0.25) is 9.40 Å². The fraction of sp³-hybridized carbons (Fsp3) is 0.500. The molecule has 2 heterocycles. The maximum absolute atomic E-state index is 12.3. The molecule has 114 valence electrons.